The van der Waals surface area contributed by atoms with Gasteiger partial charge in [0.25, 0.3) is 5.91 Å². The number of hydrazine groups is 1. The van der Waals surface area contributed by atoms with Gasteiger partial charge in [0.2, 0.25) is 5.91 Å². The van der Waals surface area contributed by atoms with E-state index >= 15 is 0 Å². The SMILES string of the molecule is N#Cc1ccccc1OCC(=O)NNC(=O)Cc1csc(-c2ccccc2Cl)n1. The molecule has 29 heavy (non-hydrogen) atoms. The molecule has 1 heterocycles. The first-order chi connectivity index (χ1) is 14.1. The van der Waals surface area contributed by atoms with Gasteiger partial charge in [-0.1, -0.05) is 41.9 Å². The van der Waals surface area contributed by atoms with Gasteiger partial charge in [0.1, 0.15) is 16.8 Å². The van der Waals surface area contributed by atoms with Gasteiger partial charge < -0.3 is 4.74 Å². The standard InChI is InChI=1S/C20H15ClN4O3S/c21-16-7-3-2-6-15(16)20-23-14(12-29-20)9-18(26)24-25-19(27)11-28-17-8-4-1-5-13(17)10-22/h1-8,12H,9,11H2,(H,24,26)(H,25,27). The summed E-state index contributed by atoms with van der Waals surface area (Å²) < 4.78 is 5.29. The zero-order valence-corrected chi connectivity index (χ0v) is 16.6. The summed E-state index contributed by atoms with van der Waals surface area (Å²) in [5.74, 6) is -0.682. The average Bonchev–Trinajstić information content (AvgIpc) is 3.19. The van der Waals surface area contributed by atoms with Gasteiger partial charge in [-0.15, -0.1) is 11.3 Å². The number of thiazole rings is 1. The molecule has 0 atom stereocenters. The van der Waals surface area contributed by atoms with Crippen LogP contribution in [-0.2, 0) is 16.0 Å². The number of halogens is 1. The van der Waals surface area contributed by atoms with E-state index in [0.29, 0.717) is 27.0 Å². The van der Waals surface area contributed by atoms with E-state index in [9.17, 15) is 9.59 Å². The van der Waals surface area contributed by atoms with Gasteiger partial charge in [0.15, 0.2) is 6.61 Å². The van der Waals surface area contributed by atoms with Crippen LogP contribution in [0.3, 0.4) is 0 Å². The molecule has 2 aromatic carbocycles. The van der Waals surface area contributed by atoms with E-state index in [-0.39, 0.29) is 13.0 Å². The third-order valence-corrected chi connectivity index (χ3v) is 4.96. The van der Waals surface area contributed by atoms with Crippen molar-refractivity contribution < 1.29 is 14.3 Å². The van der Waals surface area contributed by atoms with Gasteiger partial charge in [-0.2, -0.15) is 5.26 Å². The van der Waals surface area contributed by atoms with Crippen molar-refractivity contribution in [3.05, 3.63) is 70.2 Å². The van der Waals surface area contributed by atoms with Gasteiger partial charge in [0.05, 0.1) is 22.7 Å². The molecule has 0 aliphatic heterocycles. The van der Waals surface area contributed by atoms with Crippen LogP contribution >= 0.6 is 22.9 Å². The summed E-state index contributed by atoms with van der Waals surface area (Å²) in [4.78, 5) is 28.3. The van der Waals surface area contributed by atoms with E-state index in [1.165, 1.54) is 11.3 Å². The lowest BCUT2D eigenvalue weighted by molar-refractivity contribution is -0.129. The summed E-state index contributed by atoms with van der Waals surface area (Å²) in [6.45, 7) is -0.341. The minimum absolute atomic E-state index is 0.000639. The molecule has 2 N–H and O–H groups in total. The number of hydrogen-bond acceptors (Lipinski definition) is 6. The number of nitriles is 1. The van der Waals surface area contributed by atoms with Crippen LogP contribution in [0.4, 0.5) is 0 Å². The number of hydrogen-bond donors (Lipinski definition) is 2. The van der Waals surface area contributed by atoms with Crippen molar-refractivity contribution in [2.75, 3.05) is 6.61 Å². The van der Waals surface area contributed by atoms with E-state index in [1.54, 1.807) is 35.7 Å². The molecule has 0 saturated heterocycles. The third kappa shape index (κ3) is 5.54. The highest BCUT2D eigenvalue weighted by Gasteiger charge is 2.12. The first kappa shape index (κ1) is 20.3. The summed E-state index contributed by atoms with van der Waals surface area (Å²) in [5.41, 5.74) is 6.26. The number of carbonyl (C=O) groups excluding carboxylic acids is 2. The molecule has 3 aromatic rings. The molecule has 0 unspecified atom stereocenters. The summed E-state index contributed by atoms with van der Waals surface area (Å²) in [6.07, 6.45) is -0.000639. The van der Waals surface area contributed by atoms with Crippen molar-refractivity contribution in [1.29, 1.82) is 5.26 Å². The Bertz CT molecular complexity index is 1080. The molecule has 0 bridgehead atoms. The first-order valence-electron chi connectivity index (χ1n) is 8.45. The second kappa shape index (κ2) is 9.68. The third-order valence-electron chi connectivity index (χ3n) is 3.71. The number of nitrogens with zero attached hydrogens (tertiary/aromatic N) is 2. The van der Waals surface area contributed by atoms with Crippen molar-refractivity contribution in [2.24, 2.45) is 0 Å². The van der Waals surface area contributed by atoms with Crippen molar-refractivity contribution in [3.8, 4) is 22.4 Å². The highest BCUT2D eigenvalue weighted by atomic mass is 35.5. The molecule has 0 aliphatic carbocycles. The number of para-hydroxylation sites is 1. The Morgan fingerprint density at radius 1 is 1.10 bits per heavy atom. The molecule has 0 fully saturated rings. The molecular formula is C20H15ClN4O3S. The normalized spacial score (nSPS) is 10.1. The minimum Gasteiger partial charge on any atom is -0.482 e. The van der Waals surface area contributed by atoms with E-state index < -0.39 is 11.8 Å². The first-order valence-corrected chi connectivity index (χ1v) is 9.71. The maximum atomic E-state index is 12.0. The van der Waals surface area contributed by atoms with Gasteiger partial charge in [-0.25, -0.2) is 4.98 Å². The van der Waals surface area contributed by atoms with Crippen molar-refractivity contribution in [1.82, 2.24) is 15.8 Å². The van der Waals surface area contributed by atoms with Crippen LogP contribution < -0.4 is 15.6 Å². The van der Waals surface area contributed by atoms with Crippen LogP contribution in [-0.4, -0.2) is 23.4 Å². The van der Waals surface area contributed by atoms with Gasteiger partial charge in [0, 0.05) is 10.9 Å². The number of ether oxygens (including phenoxy) is 1. The maximum absolute atomic E-state index is 12.0. The fraction of sp³-hybridized carbons (Fsp3) is 0.100. The predicted octanol–water partition coefficient (Wildman–Crippen LogP) is 3.10. The highest BCUT2D eigenvalue weighted by molar-refractivity contribution is 7.13. The van der Waals surface area contributed by atoms with Crippen LogP contribution in [0.2, 0.25) is 5.02 Å². The van der Waals surface area contributed by atoms with Crippen LogP contribution in [0, 0.1) is 11.3 Å². The number of aromatic nitrogens is 1. The molecule has 0 saturated carbocycles. The van der Waals surface area contributed by atoms with Crippen LogP contribution in [0.1, 0.15) is 11.3 Å². The zero-order valence-electron chi connectivity index (χ0n) is 15.0. The molecule has 0 radical (unpaired) electrons. The Hall–Kier alpha value is -3.41. The van der Waals surface area contributed by atoms with Crippen molar-refractivity contribution in [3.63, 3.8) is 0 Å². The quantitative estimate of drug-likeness (QED) is 0.589. The van der Waals surface area contributed by atoms with Crippen molar-refractivity contribution in [2.45, 2.75) is 6.42 Å². The second-order valence-electron chi connectivity index (χ2n) is 5.79. The fourth-order valence-corrected chi connectivity index (χ4v) is 3.50. The summed E-state index contributed by atoms with van der Waals surface area (Å²) in [7, 11) is 0. The fourth-order valence-electron chi connectivity index (χ4n) is 2.36. The zero-order chi connectivity index (χ0) is 20.6. The Balaban J connectivity index is 1.47. The summed E-state index contributed by atoms with van der Waals surface area (Å²) in [6, 6.07) is 15.9. The molecule has 0 spiro atoms. The summed E-state index contributed by atoms with van der Waals surface area (Å²) >= 11 is 7.54. The molecule has 3 rings (SSSR count). The molecule has 0 aliphatic rings. The number of benzene rings is 2. The van der Waals surface area contributed by atoms with E-state index in [1.807, 2.05) is 24.3 Å². The van der Waals surface area contributed by atoms with E-state index in [4.69, 9.17) is 21.6 Å². The molecular weight excluding hydrogens is 412 g/mol. The molecule has 146 valence electrons. The lowest BCUT2D eigenvalue weighted by Gasteiger charge is -2.09. The Morgan fingerprint density at radius 2 is 1.83 bits per heavy atom. The van der Waals surface area contributed by atoms with E-state index in [2.05, 4.69) is 15.8 Å². The topological polar surface area (TPSA) is 104 Å². The van der Waals surface area contributed by atoms with Gasteiger partial charge in [-0.3, -0.25) is 20.4 Å². The number of nitrogens with one attached hydrogen (secondary N) is 2. The second-order valence-corrected chi connectivity index (χ2v) is 7.06. The minimum atomic E-state index is -0.555. The molecule has 2 amide bonds. The average molecular weight is 427 g/mol. The summed E-state index contributed by atoms with van der Waals surface area (Å²) in [5, 5.41) is 12.1. The molecule has 1 aromatic heterocycles. The number of rotatable bonds is 6. The number of carbonyl (C=O) groups is 2. The Kier molecular flexibility index (Phi) is 6.79. The largest absolute Gasteiger partial charge is 0.482 e. The highest BCUT2D eigenvalue weighted by Crippen LogP contribution is 2.30. The Morgan fingerprint density at radius 3 is 2.62 bits per heavy atom. The monoisotopic (exact) mass is 426 g/mol. The van der Waals surface area contributed by atoms with Crippen molar-refractivity contribution >= 4 is 34.8 Å². The smallest absolute Gasteiger partial charge is 0.276 e. The van der Waals surface area contributed by atoms with Gasteiger partial charge >= 0.3 is 0 Å². The predicted molar refractivity (Wildman–Crippen MR) is 109 cm³/mol. The van der Waals surface area contributed by atoms with E-state index in [0.717, 1.165) is 5.56 Å². The van der Waals surface area contributed by atoms with Crippen LogP contribution in [0.25, 0.3) is 10.6 Å². The van der Waals surface area contributed by atoms with Crippen LogP contribution in [0.15, 0.2) is 53.9 Å². The lowest BCUT2D eigenvalue weighted by Crippen LogP contribution is -2.44. The van der Waals surface area contributed by atoms with Gasteiger partial charge in [-0.05, 0) is 18.2 Å². The maximum Gasteiger partial charge on any atom is 0.276 e. The van der Waals surface area contributed by atoms with Crippen LogP contribution in [0.5, 0.6) is 5.75 Å². The lowest BCUT2D eigenvalue weighted by atomic mass is 10.2. The Labute approximate surface area is 175 Å². The molecule has 9 heteroatoms. The number of amides is 2. The molecule has 7 nitrogen and oxygen atoms in total.